The maximum absolute atomic E-state index is 13.2. The molecule has 10 atom stereocenters. The van der Waals surface area contributed by atoms with Crippen molar-refractivity contribution in [1.82, 2.24) is 0 Å². The van der Waals surface area contributed by atoms with Crippen LogP contribution in [0.2, 0.25) is 0 Å². The molecule has 0 amide bonds. The van der Waals surface area contributed by atoms with Gasteiger partial charge in [0.1, 0.15) is 23.7 Å². The average Bonchev–Trinajstić information content (AvgIpc) is 2.88. The molecule has 1 unspecified atom stereocenters. The van der Waals surface area contributed by atoms with Crippen LogP contribution in [0, 0.1) is 0 Å². The normalized spacial score (nSPS) is 38.6. The predicted octanol–water partition coefficient (Wildman–Crippen LogP) is 2.02. The molecule has 0 aromatic heterocycles. The summed E-state index contributed by atoms with van der Waals surface area (Å²) in [4.78, 5) is 26.2. The topological polar surface area (TPSA) is 183 Å². The molecule has 0 spiro atoms. The average molecular weight is 585 g/mol. The van der Waals surface area contributed by atoms with E-state index in [0.717, 1.165) is 0 Å². The molecule has 0 radical (unpaired) electrons. The van der Waals surface area contributed by atoms with Crippen LogP contribution < -0.4 is 0 Å². The van der Waals surface area contributed by atoms with Crippen molar-refractivity contribution in [3.8, 4) is 11.5 Å². The number of phenols is 2. The number of aliphatic hydroxyl groups excluding tert-OH is 3. The smallest absolute Gasteiger partial charge is 0.169 e. The van der Waals surface area contributed by atoms with Gasteiger partial charge in [0, 0.05) is 24.8 Å². The zero-order valence-corrected chi connectivity index (χ0v) is 23.6. The summed E-state index contributed by atoms with van der Waals surface area (Å²) in [7, 11) is 0. The van der Waals surface area contributed by atoms with Crippen molar-refractivity contribution >= 4 is 22.3 Å². The largest absolute Gasteiger partial charge is 0.507 e. The van der Waals surface area contributed by atoms with Crippen LogP contribution in [-0.4, -0.2) is 90.7 Å². The quantitative estimate of drug-likeness (QED) is 0.310. The molecule has 42 heavy (non-hydrogen) atoms. The lowest BCUT2D eigenvalue weighted by Crippen LogP contribution is -2.52. The molecule has 6 rings (SSSR count). The number of aliphatic hydroxyl groups is 4. The molecule has 2 aromatic carbocycles. The Morgan fingerprint density at radius 1 is 0.929 bits per heavy atom. The van der Waals surface area contributed by atoms with Crippen LogP contribution in [0.1, 0.15) is 80.0 Å². The van der Waals surface area contributed by atoms with Gasteiger partial charge in [-0.05, 0) is 50.3 Å². The Labute approximate surface area is 241 Å². The Balaban J connectivity index is 1.30. The maximum Gasteiger partial charge on any atom is 0.169 e. The fourth-order valence-electron chi connectivity index (χ4n) is 7.22. The van der Waals surface area contributed by atoms with Gasteiger partial charge >= 0.3 is 0 Å². The number of carbonyl (C=O) groups excluding carboxylic acids is 2. The van der Waals surface area contributed by atoms with Crippen molar-refractivity contribution < 1.29 is 54.4 Å². The van der Waals surface area contributed by atoms with Crippen LogP contribution >= 0.6 is 0 Å². The first kappa shape index (κ1) is 29.2. The van der Waals surface area contributed by atoms with Gasteiger partial charge in [0.25, 0.3) is 0 Å². The fourth-order valence-corrected chi connectivity index (χ4v) is 7.22. The number of benzene rings is 2. The molecular weight excluding hydrogens is 548 g/mol. The lowest BCUT2D eigenvalue weighted by Gasteiger charge is -2.42. The maximum atomic E-state index is 13.2. The Bertz CT molecular complexity index is 1460. The fraction of sp³-hybridized carbons (Fsp3) is 0.548. The number of fused-ring (bicyclic) bond motifs is 4. The molecule has 0 bridgehead atoms. The van der Waals surface area contributed by atoms with Gasteiger partial charge < -0.3 is 44.8 Å². The molecule has 2 fully saturated rings. The van der Waals surface area contributed by atoms with Crippen LogP contribution in [0.25, 0.3) is 10.8 Å². The van der Waals surface area contributed by atoms with Crippen molar-refractivity contribution in [2.45, 2.75) is 107 Å². The summed E-state index contributed by atoms with van der Waals surface area (Å²) in [5.41, 5.74) is -0.478. The number of ether oxygens (including phenoxy) is 3. The third-order valence-corrected chi connectivity index (χ3v) is 9.17. The summed E-state index contributed by atoms with van der Waals surface area (Å²) in [5, 5.41) is 65.4. The van der Waals surface area contributed by atoms with Crippen molar-refractivity contribution in [3.63, 3.8) is 0 Å². The van der Waals surface area contributed by atoms with E-state index in [1.54, 1.807) is 39.0 Å². The number of hydrogen-bond acceptors (Lipinski definition) is 11. The second-order valence-electron chi connectivity index (χ2n) is 12.3. The van der Waals surface area contributed by atoms with E-state index in [2.05, 4.69) is 0 Å². The summed E-state index contributed by atoms with van der Waals surface area (Å²) < 4.78 is 17.7. The Hall–Kier alpha value is -2.90. The van der Waals surface area contributed by atoms with Gasteiger partial charge in [-0.1, -0.05) is 17.7 Å². The van der Waals surface area contributed by atoms with Crippen molar-refractivity contribution in [2.24, 2.45) is 0 Å². The summed E-state index contributed by atoms with van der Waals surface area (Å²) in [5.74, 6) is -2.67. The third-order valence-electron chi connectivity index (χ3n) is 9.17. The van der Waals surface area contributed by atoms with Gasteiger partial charge in [-0.3, -0.25) is 9.59 Å². The minimum absolute atomic E-state index is 0.0151. The number of Topliss-reactive ketones (excluding diaryl/α,β-unsaturated/α-hetero) is 1. The van der Waals surface area contributed by atoms with E-state index < -0.39 is 72.1 Å². The van der Waals surface area contributed by atoms with E-state index in [-0.39, 0.29) is 59.3 Å². The second kappa shape index (κ2) is 10.4. The van der Waals surface area contributed by atoms with Crippen LogP contribution in [0.4, 0.5) is 0 Å². The van der Waals surface area contributed by atoms with Gasteiger partial charge in [-0.25, -0.2) is 0 Å². The molecular formula is C31H36O11. The van der Waals surface area contributed by atoms with Gasteiger partial charge in [0.2, 0.25) is 0 Å². The summed E-state index contributed by atoms with van der Waals surface area (Å²) in [6, 6.07) is 4.79. The van der Waals surface area contributed by atoms with Crippen LogP contribution in [0.3, 0.4) is 0 Å². The van der Waals surface area contributed by atoms with E-state index in [4.69, 9.17) is 14.2 Å². The standard InChI is InChI=1S/C31H36O11/c1-12-6-18(32)26-17-7-15-4-5-16(28(37)24(15)29(38)25(17)21(35)11-31(26,39)10-12)22-8-20(34)30(14(3)40-22)42-23-9-19(33)27(36)13(2)41-23/h4-7,13-14,19-20,22-23,26-27,30,33-34,36-39H,8-11H2,1-3H3/t13-,14-,19-,20-,22-,23+,26?,27-,30-,31-/m1/s1. The molecule has 2 heterocycles. The first-order valence-electron chi connectivity index (χ1n) is 14.3. The van der Waals surface area contributed by atoms with Crippen LogP contribution in [0.5, 0.6) is 11.5 Å². The van der Waals surface area contributed by atoms with E-state index >= 15 is 0 Å². The lowest BCUT2D eigenvalue weighted by atomic mass is 9.64. The first-order chi connectivity index (χ1) is 19.8. The zero-order valence-electron chi connectivity index (χ0n) is 23.6. The second-order valence-corrected chi connectivity index (χ2v) is 12.3. The highest BCUT2D eigenvalue weighted by Gasteiger charge is 2.51. The van der Waals surface area contributed by atoms with Crippen LogP contribution in [0.15, 0.2) is 29.8 Å². The molecule has 2 aromatic rings. The number of allylic oxidation sites excluding steroid dienone is 1. The van der Waals surface area contributed by atoms with E-state index in [1.807, 2.05) is 0 Å². The highest BCUT2D eigenvalue weighted by Crippen LogP contribution is 2.52. The highest BCUT2D eigenvalue weighted by atomic mass is 16.7. The number of ketones is 2. The highest BCUT2D eigenvalue weighted by molar-refractivity contribution is 6.13. The minimum atomic E-state index is -1.58. The molecule has 11 nitrogen and oxygen atoms in total. The van der Waals surface area contributed by atoms with Gasteiger partial charge in [-0.15, -0.1) is 0 Å². The van der Waals surface area contributed by atoms with Crippen molar-refractivity contribution in [2.75, 3.05) is 0 Å². The molecule has 6 N–H and O–H groups in total. The number of hydrogen-bond donors (Lipinski definition) is 6. The molecule has 11 heteroatoms. The Kier molecular flexibility index (Phi) is 7.21. The third kappa shape index (κ3) is 4.64. The summed E-state index contributed by atoms with van der Waals surface area (Å²) in [6.07, 6.45) is -5.56. The van der Waals surface area contributed by atoms with Crippen molar-refractivity contribution in [3.05, 3.63) is 46.5 Å². The molecule has 2 aliphatic carbocycles. The Morgan fingerprint density at radius 3 is 2.36 bits per heavy atom. The number of aromatic hydroxyl groups is 2. The number of phenolic OH excluding ortho intramolecular Hbond substituents is 2. The van der Waals surface area contributed by atoms with Gasteiger partial charge in [-0.2, -0.15) is 0 Å². The van der Waals surface area contributed by atoms with Gasteiger partial charge in [0.15, 0.2) is 17.9 Å². The van der Waals surface area contributed by atoms with E-state index in [0.29, 0.717) is 11.0 Å². The molecule has 2 saturated heterocycles. The number of rotatable bonds is 3. The molecule has 226 valence electrons. The predicted molar refractivity (Wildman–Crippen MR) is 147 cm³/mol. The first-order valence-corrected chi connectivity index (χ1v) is 14.3. The zero-order chi connectivity index (χ0) is 30.2. The Morgan fingerprint density at radius 2 is 1.67 bits per heavy atom. The monoisotopic (exact) mass is 584 g/mol. The van der Waals surface area contributed by atoms with Crippen molar-refractivity contribution in [1.29, 1.82) is 0 Å². The number of carbonyl (C=O) groups is 2. The van der Waals surface area contributed by atoms with Gasteiger partial charge in [0.05, 0.1) is 53.0 Å². The van der Waals surface area contributed by atoms with Crippen LogP contribution in [-0.2, 0) is 19.0 Å². The molecule has 2 aliphatic heterocycles. The molecule has 0 saturated carbocycles. The SMILES string of the molecule is CC1=CC(=O)C2c3cc4ccc([C@H]5C[C@@H](O)[C@H](O[C@H]6C[C@@H](O)[C@H](O)[C@@H](C)O6)[C@@H](C)O5)c(O)c4c(O)c3C(=O)C[C@]2(O)C1. The molecule has 4 aliphatic rings. The van der Waals surface area contributed by atoms with E-state index in [9.17, 15) is 40.2 Å². The summed E-state index contributed by atoms with van der Waals surface area (Å²) >= 11 is 0. The summed E-state index contributed by atoms with van der Waals surface area (Å²) in [6.45, 7) is 5.04. The lowest BCUT2D eigenvalue weighted by molar-refractivity contribution is -0.293. The van der Waals surface area contributed by atoms with E-state index in [1.165, 1.54) is 6.08 Å². The minimum Gasteiger partial charge on any atom is -0.507 e.